The minimum Gasteiger partial charge on any atom is -0.380 e. The number of hydrogen-bond donors (Lipinski definition) is 3. The largest absolute Gasteiger partial charge is 0.380 e. The molecule has 134 valence electrons. The van der Waals surface area contributed by atoms with E-state index >= 15 is 0 Å². The molecule has 6 nitrogen and oxygen atoms in total. The third-order valence-corrected chi connectivity index (χ3v) is 4.28. The molecule has 6 heteroatoms. The van der Waals surface area contributed by atoms with Gasteiger partial charge in [-0.25, -0.2) is 4.98 Å². The highest BCUT2D eigenvalue weighted by atomic mass is 16.1. The molecule has 4 aromatic rings. The predicted octanol–water partition coefficient (Wildman–Crippen LogP) is 3.75. The molecule has 1 amide bonds. The van der Waals surface area contributed by atoms with Crippen LogP contribution in [0, 0.1) is 0 Å². The predicted molar refractivity (Wildman–Crippen MR) is 106 cm³/mol. The molecule has 3 aromatic heterocycles. The topological polar surface area (TPSA) is 82.7 Å². The summed E-state index contributed by atoms with van der Waals surface area (Å²) in [6.45, 7) is 0.668. The lowest BCUT2D eigenvalue weighted by Crippen LogP contribution is -2.15. The fourth-order valence-electron chi connectivity index (χ4n) is 2.92. The first kappa shape index (κ1) is 16.8. The average molecular weight is 357 g/mol. The van der Waals surface area contributed by atoms with Crippen molar-refractivity contribution in [2.45, 2.75) is 13.0 Å². The highest BCUT2D eigenvalue weighted by molar-refractivity contribution is 5.95. The molecule has 3 heterocycles. The molecule has 0 unspecified atom stereocenters. The minimum atomic E-state index is -0.0941. The van der Waals surface area contributed by atoms with Crippen molar-refractivity contribution >= 4 is 28.3 Å². The zero-order valence-electron chi connectivity index (χ0n) is 14.6. The lowest BCUT2D eigenvalue weighted by Gasteiger charge is -2.08. The average Bonchev–Trinajstić information content (AvgIpc) is 3.11. The number of benzene rings is 1. The number of anilines is 2. The molecular formula is C21H19N5O. The van der Waals surface area contributed by atoms with Crippen molar-refractivity contribution in [1.29, 1.82) is 0 Å². The summed E-state index contributed by atoms with van der Waals surface area (Å²) in [5, 5.41) is 7.19. The summed E-state index contributed by atoms with van der Waals surface area (Å²) in [7, 11) is 0. The number of fused-ring (bicyclic) bond motifs is 1. The van der Waals surface area contributed by atoms with Crippen LogP contribution in [-0.4, -0.2) is 20.9 Å². The van der Waals surface area contributed by atoms with Crippen LogP contribution in [0.25, 0.3) is 10.9 Å². The lowest BCUT2D eigenvalue weighted by molar-refractivity contribution is -0.115. The number of rotatable bonds is 6. The first-order valence-corrected chi connectivity index (χ1v) is 8.71. The van der Waals surface area contributed by atoms with E-state index in [1.807, 2.05) is 54.9 Å². The fraction of sp³-hybridized carbons (Fsp3) is 0.0952. The number of hydrogen-bond acceptors (Lipinski definition) is 4. The lowest BCUT2D eigenvalue weighted by atomic mass is 10.1. The normalized spacial score (nSPS) is 10.7. The number of para-hydroxylation sites is 1. The van der Waals surface area contributed by atoms with Crippen molar-refractivity contribution in [2.75, 3.05) is 10.6 Å². The highest BCUT2D eigenvalue weighted by Crippen LogP contribution is 2.18. The van der Waals surface area contributed by atoms with Gasteiger partial charge in [0.1, 0.15) is 5.82 Å². The third-order valence-electron chi connectivity index (χ3n) is 4.28. The van der Waals surface area contributed by atoms with E-state index in [0.717, 1.165) is 27.7 Å². The van der Waals surface area contributed by atoms with Crippen molar-refractivity contribution in [3.05, 3.63) is 84.4 Å². The van der Waals surface area contributed by atoms with Gasteiger partial charge in [0.2, 0.25) is 5.91 Å². The van der Waals surface area contributed by atoms with Crippen LogP contribution in [0.15, 0.2) is 73.3 Å². The Morgan fingerprint density at radius 1 is 1.04 bits per heavy atom. The van der Waals surface area contributed by atoms with Crippen molar-refractivity contribution in [1.82, 2.24) is 15.0 Å². The van der Waals surface area contributed by atoms with Gasteiger partial charge in [-0.05, 0) is 35.4 Å². The van der Waals surface area contributed by atoms with Crippen molar-refractivity contribution in [3.63, 3.8) is 0 Å². The molecule has 27 heavy (non-hydrogen) atoms. The number of aromatic amines is 1. The van der Waals surface area contributed by atoms with Gasteiger partial charge in [0.15, 0.2) is 0 Å². The van der Waals surface area contributed by atoms with E-state index in [2.05, 4.69) is 25.6 Å². The van der Waals surface area contributed by atoms with Crippen LogP contribution in [0.5, 0.6) is 0 Å². The molecule has 0 saturated heterocycles. The van der Waals surface area contributed by atoms with E-state index in [9.17, 15) is 4.79 Å². The van der Waals surface area contributed by atoms with Crippen LogP contribution >= 0.6 is 0 Å². The van der Waals surface area contributed by atoms with Crippen LogP contribution < -0.4 is 10.6 Å². The van der Waals surface area contributed by atoms with Crippen molar-refractivity contribution < 1.29 is 4.79 Å². The Morgan fingerprint density at radius 3 is 2.78 bits per heavy atom. The first-order chi connectivity index (χ1) is 13.3. The number of amides is 1. The molecule has 1 aromatic carbocycles. The summed E-state index contributed by atoms with van der Waals surface area (Å²) in [5.41, 5.74) is 3.97. The molecule has 0 atom stereocenters. The van der Waals surface area contributed by atoms with E-state index in [4.69, 9.17) is 0 Å². The molecule has 3 N–H and O–H groups in total. The van der Waals surface area contributed by atoms with E-state index < -0.39 is 0 Å². The Labute approximate surface area is 156 Å². The van der Waals surface area contributed by atoms with E-state index in [1.165, 1.54) is 0 Å². The zero-order valence-corrected chi connectivity index (χ0v) is 14.6. The Morgan fingerprint density at radius 2 is 1.96 bits per heavy atom. The Balaban J connectivity index is 1.34. The molecule has 0 aliphatic heterocycles. The van der Waals surface area contributed by atoms with E-state index in [-0.39, 0.29) is 5.91 Å². The van der Waals surface area contributed by atoms with Crippen LogP contribution in [-0.2, 0) is 17.8 Å². The maximum Gasteiger partial charge on any atom is 0.230 e. The Bertz CT molecular complexity index is 1040. The van der Waals surface area contributed by atoms with Gasteiger partial charge < -0.3 is 15.6 Å². The number of carbonyl (C=O) groups excluding carboxylic acids is 1. The maximum atomic E-state index is 12.3. The molecule has 0 spiro atoms. The SMILES string of the molecule is O=C(Cc1c[nH]c2ccccc12)Nc1ccc(NCc2cccnc2)cn1. The second-order valence-corrected chi connectivity index (χ2v) is 6.23. The second kappa shape index (κ2) is 7.70. The second-order valence-electron chi connectivity index (χ2n) is 6.23. The van der Waals surface area contributed by atoms with E-state index in [0.29, 0.717) is 18.8 Å². The highest BCUT2D eigenvalue weighted by Gasteiger charge is 2.09. The third kappa shape index (κ3) is 4.12. The van der Waals surface area contributed by atoms with Crippen molar-refractivity contribution in [2.24, 2.45) is 0 Å². The van der Waals surface area contributed by atoms with Crippen LogP contribution in [0.2, 0.25) is 0 Å². The summed E-state index contributed by atoms with van der Waals surface area (Å²) in [5.74, 6) is 0.440. The van der Waals surface area contributed by atoms with Crippen LogP contribution in [0.1, 0.15) is 11.1 Å². The molecule has 0 bridgehead atoms. The van der Waals surface area contributed by atoms with Crippen LogP contribution in [0.3, 0.4) is 0 Å². The number of aromatic nitrogens is 3. The summed E-state index contributed by atoms with van der Waals surface area (Å²) in [4.78, 5) is 23.9. The Kier molecular flexibility index (Phi) is 4.78. The number of nitrogens with one attached hydrogen (secondary N) is 3. The first-order valence-electron chi connectivity index (χ1n) is 8.71. The van der Waals surface area contributed by atoms with Gasteiger partial charge in [-0.15, -0.1) is 0 Å². The van der Waals surface area contributed by atoms with Crippen molar-refractivity contribution in [3.8, 4) is 0 Å². The summed E-state index contributed by atoms with van der Waals surface area (Å²) >= 11 is 0. The molecule has 0 aliphatic carbocycles. The molecular weight excluding hydrogens is 338 g/mol. The number of pyridine rings is 2. The quantitative estimate of drug-likeness (QED) is 0.491. The summed E-state index contributed by atoms with van der Waals surface area (Å²) in [6.07, 6.45) is 7.45. The van der Waals surface area contributed by atoms with Gasteiger partial charge in [0.25, 0.3) is 0 Å². The van der Waals surface area contributed by atoms with Gasteiger partial charge >= 0.3 is 0 Å². The number of H-pyrrole nitrogens is 1. The summed E-state index contributed by atoms with van der Waals surface area (Å²) in [6, 6.07) is 15.5. The number of nitrogens with zero attached hydrogens (tertiary/aromatic N) is 2. The molecule has 0 saturated carbocycles. The van der Waals surface area contributed by atoms with Gasteiger partial charge in [-0.3, -0.25) is 9.78 Å². The van der Waals surface area contributed by atoms with Gasteiger partial charge in [0, 0.05) is 36.0 Å². The Hall–Kier alpha value is -3.67. The minimum absolute atomic E-state index is 0.0941. The van der Waals surface area contributed by atoms with Gasteiger partial charge in [-0.2, -0.15) is 0 Å². The molecule has 0 radical (unpaired) electrons. The smallest absolute Gasteiger partial charge is 0.230 e. The standard InChI is InChI=1S/C21H19N5O/c27-21(10-16-13-24-19-6-2-1-5-18(16)19)26-20-8-7-17(14-25-20)23-12-15-4-3-9-22-11-15/h1-9,11,13-14,23-24H,10,12H2,(H,25,26,27). The van der Waals surface area contributed by atoms with E-state index in [1.54, 1.807) is 18.5 Å². The maximum absolute atomic E-state index is 12.3. The number of carbonyl (C=O) groups is 1. The summed E-state index contributed by atoms with van der Waals surface area (Å²) < 4.78 is 0. The zero-order chi connectivity index (χ0) is 18.5. The van der Waals surface area contributed by atoms with Gasteiger partial charge in [-0.1, -0.05) is 24.3 Å². The molecule has 0 fully saturated rings. The van der Waals surface area contributed by atoms with Crippen LogP contribution in [0.4, 0.5) is 11.5 Å². The fourth-order valence-corrected chi connectivity index (χ4v) is 2.92. The molecule has 0 aliphatic rings. The monoisotopic (exact) mass is 357 g/mol. The van der Waals surface area contributed by atoms with Gasteiger partial charge in [0.05, 0.1) is 18.3 Å². The molecule has 4 rings (SSSR count).